The van der Waals surface area contributed by atoms with Crippen LogP contribution in [0.4, 0.5) is 5.69 Å². The average Bonchev–Trinajstić information content (AvgIpc) is 2.64. The van der Waals surface area contributed by atoms with Gasteiger partial charge >= 0.3 is 0 Å². The highest BCUT2D eigenvalue weighted by molar-refractivity contribution is 5.83. The summed E-state index contributed by atoms with van der Waals surface area (Å²) >= 11 is 0. The molecular formula is C19H29N3O2. The van der Waals surface area contributed by atoms with Crippen LogP contribution in [-0.4, -0.2) is 51.8 Å². The summed E-state index contributed by atoms with van der Waals surface area (Å²) in [7, 11) is 1.69. The van der Waals surface area contributed by atoms with Crippen molar-refractivity contribution in [2.45, 2.75) is 31.7 Å². The number of piperidine rings is 2. The monoisotopic (exact) mass is 331 g/mol. The lowest BCUT2D eigenvalue weighted by Crippen LogP contribution is -2.54. The van der Waals surface area contributed by atoms with Crippen LogP contribution in [0.1, 0.15) is 25.7 Å². The molecule has 3 rings (SSSR count). The lowest BCUT2D eigenvalue weighted by atomic mass is 9.78. The van der Waals surface area contributed by atoms with E-state index >= 15 is 0 Å². The highest BCUT2D eigenvalue weighted by atomic mass is 16.5. The first kappa shape index (κ1) is 17.2. The van der Waals surface area contributed by atoms with Crippen LogP contribution in [0.25, 0.3) is 0 Å². The number of hydrogen-bond acceptors (Lipinski definition) is 4. The molecule has 1 amide bonds. The van der Waals surface area contributed by atoms with Crippen LogP contribution in [0, 0.1) is 5.41 Å². The van der Waals surface area contributed by atoms with Gasteiger partial charge in [-0.15, -0.1) is 0 Å². The standard InChI is InChI=1S/C19H29N3O2/c1-24-15-19(9-11-20-12-10-19)18(23)21-16-7-13-22(14-8-16)17-5-3-2-4-6-17/h2-6,16,20H,7-15H2,1H3,(H,21,23). The number of nitrogens with one attached hydrogen (secondary N) is 2. The molecule has 0 bridgehead atoms. The summed E-state index contributed by atoms with van der Waals surface area (Å²) in [5, 5.41) is 6.65. The third kappa shape index (κ3) is 3.90. The molecule has 0 radical (unpaired) electrons. The Labute approximate surface area is 144 Å². The van der Waals surface area contributed by atoms with Gasteiger partial charge in [0.05, 0.1) is 12.0 Å². The molecule has 24 heavy (non-hydrogen) atoms. The fourth-order valence-electron chi connectivity index (χ4n) is 3.88. The second-order valence-corrected chi connectivity index (χ2v) is 7.03. The van der Waals surface area contributed by atoms with E-state index in [1.807, 2.05) is 6.07 Å². The van der Waals surface area contributed by atoms with Gasteiger partial charge in [0.1, 0.15) is 0 Å². The quantitative estimate of drug-likeness (QED) is 0.864. The lowest BCUT2D eigenvalue weighted by Gasteiger charge is -2.39. The molecular weight excluding hydrogens is 302 g/mol. The minimum atomic E-state index is -0.351. The minimum Gasteiger partial charge on any atom is -0.384 e. The number of nitrogens with zero attached hydrogens (tertiary/aromatic N) is 1. The molecule has 132 valence electrons. The Kier molecular flexibility index (Phi) is 5.74. The van der Waals surface area contributed by atoms with Gasteiger partial charge in [-0.2, -0.15) is 0 Å². The molecule has 2 heterocycles. The number of carbonyl (C=O) groups excluding carboxylic acids is 1. The number of hydrogen-bond donors (Lipinski definition) is 2. The van der Waals surface area contributed by atoms with Crippen molar-refractivity contribution < 1.29 is 9.53 Å². The average molecular weight is 331 g/mol. The van der Waals surface area contributed by atoms with E-state index < -0.39 is 0 Å². The van der Waals surface area contributed by atoms with Crippen LogP contribution in [0.3, 0.4) is 0 Å². The molecule has 5 nitrogen and oxygen atoms in total. The van der Waals surface area contributed by atoms with Crippen LogP contribution in [-0.2, 0) is 9.53 Å². The summed E-state index contributed by atoms with van der Waals surface area (Å²) in [6.07, 6.45) is 3.72. The summed E-state index contributed by atoms with van der Waals surface area (Å²) < 4.78 is 5.37. The van der Waals surface area contributed by atoms with Gasteiger partial charge in [-0.1, -0.05) is 18.2 Å². The molecule has 2 saturated heterocycles. The number of rotatable bonds is 5. The third-order valence-electron chi connectivity index (χ3n) is 5.41. The van der Waals surface area contributed by atoms with Gasteiger partial charge in [0.2, 0.25) is 5.91 Å². The number of anilines is 1. The number of amides is 1. The topological polar surface area (TPSA) is 53.6 Å². The maximum Gasteiger partial charge on any atom is 0.228 e. The number of methoxy groups -OCH3 is 1. The highest BCUT2D eigenvalue weighted by Crippen LogP contribution is 2.30. The summed E-state index contributed by atoms with van der Waals surface area (Å²) in [6.45, 7) is 4.29. The first-order valence-corrected chi connectivity index (χ1v) is 9.04. The highest BCUT2D eigenvalue weighted by Gasteiger charge is 2.40. The van der Waals surface area contributed by atoms with Gasteiger partial charge in [-0.05, 0) is 50.9 Å². The SMILES string of the molecule is COCC1(C(=O)NC2CCN(c3ccccc3)CC2)CCNCC1. The predicted octanol–water partition coefficient (Wildman–Crippen LogP) is 1.79. The van der Waals surface area contributed by atoms with E-state index in [1.54, 1.807) is 7.11 Å². The molecule has 0 unspecified atom stereocenters. The minimum absolute atomic E-state index is 0.184. The normalized spacial score (nSPS) is 21.5. The van der Waals surface area contributed by atoms with Crippen molar-refractivity contribution in [1.29, 1.82) is 0 Å². The summed E-state index contributed by atoms with van der Waals surface area (Å²) in [5.41, 5.74) is 0.924. The second-order valence-electron chi connectivity index (χ2n) is 7.03. The molecule has 0 aromatic heterocycles. The van der Waals surface area contributed by atoms with Crippen LogP contribution in [0.2, 0.25) is 0 Å². The van der Waals surface area contributed by atoms with Crippen molar-refractivity contribution in [2.75, 3.05) is 44.8 Å². The first-order valence-electron chi connectivity index (χ1n) is 9.04. The van der Waals surface area contributed by atoms with E-state index in [0.29, 0.717) is 6.61 Å². The van der Waals surface area contributed by atoms with Crippen LogP contribution in [0.5, 0.6) is 0 Å². The maximum atomic E-state index is 12.9. The Morgan fingerprint density at radius 2 is 1.92 bits per heavy atom. The van der Waals surface area contributed by atoms with Crippen LogP contribution < -0.4 is 15.5 Å². The van der Waals surface area contributed by atoms with Crippen LogP contribution >= 0.6 is 0 Å². The Morgan fingerprint density at radius 1 is 1.25 bits per heavy atom. The second kappa shape index (κ2) is 7.99. The zero-order valence-corrected chi connectivity index (χ0v) is 14.6. The van der Waals surface area contributed by atoms with Gasteiger partial charge in [0.15, 0.2) is 0 Å². The number of ether oxygens (including phenoxy) is 1. The largest absolute Gasteiger partial charge is 0.384 e. The third-order valence-corrected chi connectivity index (χ3v) is 5.41. The number of benzene rings is 1. The molecule has 2 aliphatic heterocycles. The molecule has 1 aromatic carbocycles. The van der Waals surface area contributed by atoms with E-state index in [4.69, 9.17) is 4.74 Å². The molecule has 0 saturated carbocycles. The molecule has 2 aliphatic rings. The lowest BCUT2D eigenvalue weighted by molar-refractivity contribution is -0.137. The molecule has 0 atom stereocenters. The fraction of sp³-hybridized carbons (Fsp3) is 0.632. The zero-order valence-electron chi connectivity index (χ0n) is 14.6. The van der Waals surface area contributed by atoms with Gasteiger partial charge in [0, 0.05) is 31.9 Å². The Bertz CT molecular complexity index is 515. The summed E-state index contributed by atoms with van der Waals surface area (Å²) in [5.74, 6) is 0.184. The van der Waals surface area contributed by atoms with E-state index in [-0.39, 0.29) is 17.4 Å². The van der Waals surface area contributed by atoms with Crippen molar-refractivity contribution >= 4 is 11.6 Å². The molecule has 0 spiro atoms. The van der Waals surface area contributed by atoms with Crippen molar-refractivity contribution in [3.63, 3.8) is 0 Å². The Balaban J connectivity index is 1.54. The molecule has 2 N–H and O–H groups in total. The summed E-state index contributed by atoms with van der Waals surface area (Å²) in [4.78, 5) is 15.3. The van der Waals surface area contributed by atoms with Gasteiger partial charge in [-0.3, -0.25) is 4.79 Å². The zero-order chi connectivity index (χ0) is 16.8. The molecule has 5 heteroatoms. The van der Waals surface area contributed by atoms with E-state index in [9.17, 15) is 4.79 Å². The number of para-hydroxylation sites is 1. The Hall–Kier alpha value is -1.59. The molecule has 2 fully saturated rings. The number of carbonyl (C=O) groups is 1. The van der Waals surface area contributed by atoms with Crippen molar-refractivity contribution in [3.05, 3.63) is 30.3 Å². The fourth-order valence-corrected chi connectivity index (χ4v) is 3.88. The van der Waals surface area contributed by atoms with Gasteiger partial charge < -0.3 is 20.3 Å². The smallest absolute Gasteiger partial charge is 0.228 e. The van der Waals surface area contributed by atoms with E-state index in [1.165, 1.54) is 5.69 Å². The van der Waals surface area contributed by atoms with E-state index in [2.05, 4.69) is 39.8 Å². The van der Waals surface area contributed by atoms with Crippen LogP contribution in [0.15, 0.2) is 30.3 Å². The molecule has 0 aliphatic carbocycles. The predicted molar refractivity (Wildman–Crippen MR) is 96.2 cm³/mol. The Morgan fingerprint density at radius 3 is 2.54 bits per heavy atom. The van der Waals surface area contributed by atoms with Crippen molar-refractivity contribution in [2.24, 2.45) is 5.41 Å². The maximum absolute atomic E-state index is 12.9. The first-order chi connectivity index (χ1) is 11.7. The van der Waals surface area contributed by atoms with E-state index in [0.717, 1.165) is 51.9 Å². The summed E-state index contributed by atoms with van der Waals surface area (Å²) in [6, 6.07) is 10.8. The molecule has 1 aromatic rings. The van der Waals surface area contributed by atoms with Crippen molar-refractivity contribution in [3.8, 4) is 0 Å². The van der Waals surface area contributed by atoms with Gasteiger partial charge in [0.25, 0.3) is 0 Å². The van der Waals surface area contributed by atoms with Crippen molar-refractivity contribution in [1.82, 2.24) is 10.6 Å². The van der Waals surface area contributed by atoms with Gasteiger partial charge in [-0.25, -0.2) is 0 Å².